The fourth-order valence-electron chi connectivity index (χ4n) is 2.76. The van der Waals surface area contributed by atoms with Gasteiger partial charge < -0.3 is 4.90 Å². The first-order valence-electron chi connectivity index (χ1n) is 8.00. The molecule has 0 unspecified atom stereocenters. The predicted octanol–water partition coefficient (Wildman–Crippen LogP) is 2.30. The number of nitrogens with one attached hydrogen (secondary N) is 1. The second-order valence-electron chi connectivity index (χ2n) is 6.31. The van der Waals surface area contributed by atoms with Crippen LogP contribution in [0.3, 0.4) is 0 Å². The van der Waals surface area contributed by atoms with E-state index >= 15 is 0 Å². The van der Waals surface area contributed by atoms with Crippen molar-refractivity contribution in [3.05, 3.63) is 33.6 Å². The van der Waals surface area contributed by atoms with E-state index in [1.165, 1.54) is 16.2 Å². The first-order chi connectivity index (χ1) is 12.2. The fraction of sp³-hybridized carbons (Fsp3) is 0.353. The van der Waals surface area contributed by atoms with Crippen LogP contribution in [0.4, 0.5) is 5.13 Å². The summed E-state index contributed by atoms with van der Waals surface area (Å²) in [6.07, 6.45) is 0. The van der Waals surface area contributed by atoms with E-state index in [4.69, 9.17) is 0 Å². The molecule has 0 aliphatic rings. The van der Waals surface area contributed by atoms with Crippen LogP contribution in [0, 0.1) is 20.8 Å². The van der Waals surface area contributed by atoms with E-state index in [-0.39, 0.29) is 11.8 Å². The number of fused-ring (bicyclic) bond motifs is 1. The van der Waals surface area contributed by atoms with Crippen LogP contribution in [0.5, 0.6) is 0 Å². The molecule has 0 fully saturated rings. The lowest BCUT2D eigenvalue weighted by Crippen LogP contribution is -2.21. The summed E-state index contributed by atoms with van der Waals surface area (Å²) in [4.78, 5) is 35.8. The lowest BCUT2D eigenvalue weighted by atomic mass is 10.1. The molecule has 0 aliphatic carbocycles. The summed E-state index contributed by atoms with van der Waals surface area (Å²) >= 11 is 1.17. The quantitative estimate of drug-likeness (QED) is 0.761. The first kappa shape index (κ1) is 18.0. The number of carbonyl (C=O) groups excluding carboxylic acids is 2. The zero-order valence-electron chi connectivity index (χ0n) is 15.5. The average Bonchev–Trinajstić information content (AvgIpc) is 3.05. The van der Waals surface area contributed by atoms with Gasteiger partial charge in [-0.15, -0.1) is 0 Å². The number of aryl methyl sites for hydroxylation is 4. The Hall–Kier alpha value is -2.81. The molecule has 3 aromatic heterocycles. The van der Waals surface area contributed by atoms with Crippen molar-refractivity contribution in [3.63, 3.8) is 0 Å². The number of thiazole rings is 1. The van der Waals surface area contributed by atoms with Crippen LogP contribution in [-0.4, -0.2) is 50.6 Å². The minimum Gasteiger partial charge on any atom is -0.344 e. The summed E-state index contributed by atoms with van der Waals surface area (Å²) in [6, 6.07) is 1.73. The Balaban J connectivity index is 1.98. The number of anilines is 1. The van der Waals surface area contributed by atoms with Gasteiger partial charge in [0.1, 0.15) is 4.88 Å². The number of pyridine rings is 1. The molecule has 0 bridgehead atoms. The molecule has 2 amide bonds. The summed E-state index contributed by atoms with van der Waals surface area (Å²) in [5, 5.41) is 8.26. The van der Waals surface area contributed by atoms with E-state index in [1.54, 1.807) is 38.8 Å². The van der Waals surface area contributed by atoms with Gasteiger partial charge in [-0.05, 0) is 26.8 Å². The molecule has 26 heavy (non-hydrogen) atoms. The lowest BCUT2D eigenvalue weighted by Gasteiger charge is -2.07. The van der Waals surface area contributed by atoms with Crippen molar-refractivity contribution in [2.45, 2.75) is 20.8 Å². The number of rotatable bonds is 3. The van der Waals surface area contributed by atoms with Gasteiger partial charge in [0.25, 0.3) is 11.8 Å². The summed E-state index contributed by atoms with van der Waals surface area (Å²) in [5.74, 6) is -0.431. The first-order valence-corrected chi connectivity index (χ1v) is 8.82. The van der Waals surface area contributed by atoms with Crippen molar-refractivity contribution in [3.8, 4) is 0 Å². The monoisotopic (exact) mass is 372 g/mol. The molecule has 3 heterocycles. The van der Waals surface area contributed by atoms with Gasteiger partial charge in [0.2, 0.25) is 0 Å². The van der Waals surface area contributed by atoms with Crippen molar-refractivity contribution < 1.29 is 9.59 Å². The molecule has 0 saturated carbocycles. The standard InChI is InChI=1S/C17H20N6O2S/c1-8-7-11(12-9(2)21-23(6)14(12)18-8)15(24)20-17-19-10(3)13(26-17)16(25)22(4)5/h7H,1-6H3,(H,19,20,24). The highest BCUT2D eigenvalue weighted by molar-refractivity contribution is 7.17. The number of carbonyl (C=O) groups is 2. The zero-order valence-corrected chi connectivity index (χ0v) is 16.4. The number of hydrogen-bond donors (Lipinski definition) is 1. The van der Waals surface area contributed by atoms with Gasteiger partial charge in [-0.1, -0.05) is 11.3 Å². The van der Waals surface area contributed by atoms with Crippen molar-refractivity contribution >= 4 is 39.3 Å². The van der Waals surface area contributed by atoms with Crippen LogP contribution in [0.1, 0.15) is 37.1 Å². The van der Waals surface area contributed by atoms with Crippen LogP contribution in [0.2, 0.25) is 0 Å². The fourth-order valence-corrected chi connectivity index (χ4v) is 3.75. The van der Waals surface area contributed by atoms with Crippen LogP contribution in [0.25, 0.3) is 11.0 Å². The predicted molar refractivity (Wildman–Crippen MR) is 101 cm³/mol. The van der Waals surface area contributed by atoms with Gasteiger partial charge >= 0.3 is 0 Å². The SMILES string of the molecule is Cc1cc(C(=O)Nc2nc(C)c(C(=O)N(C)C)s2)c2c(C)nn(C)c2n1. The van der Waals surface area contributed by atoms with Crippen molar-refractivity contribution in [2.75, 3.05) is 19.4 Å². The minimum atomic E-state index is -0.297. The molecule has 0 saturated heterocycles. The van der Waals surface area contributed by atoms with Gasteiger partial charge in [-0.2, -0.15) is 5.10 Å². The van der Waals surface area contributed by atoms with Crippen molar-refractivity contribution in [1.82, 2.24) is 24.6 Å². The van der Waals surface area contributed by atoms with E-state index < -0.39 is 0 Å². The zero-order chi connectivity index (χ0) is 19.2. The molecule has 0 aliphatic heterocycles. The Morgan fingerprint density at radius 2 is 1.85 bits per heavy atom. The minimum absolute atomic E-state index is 0.134. The Kier molecular flexibility index (Phi) is 4.49. The lowest BCUT2D eigenvalue weighted by molar-refractivity contribution is 0.0831. The molecule has 136 valence electrons. The van der Waals surface area contributed by atoms with Crippen molar-refractivity contribution in [1.29, 1.82) is 0 Å². The summed E-state index contributed by atoms with van der Waals surface area (Å²) < 4.78 is 1.66. The molecule has 0 spiro atoms. The van der Waals surface area contributed by atoms with Crippen LogP contribution in [-0.2, 0) is 7.05 Å². The molecule has 3 aromatic rings. The molecular weight excluding hydrogens is 352 g/mol. The highest BCUT2D eigenvalue weighted by Gasteiger charge is 2.21. The van der Waals surface area contributed by atoms with E-state index in [1.807, 2.05) is 13.8 Å². The topological polar surface area (TPSA) is 93.0 Å². The number of hydrogen-bond acceptors (Lipinski definition) is 6. The smallest absolute Gasteiger partial charge is 0.265 e. The molecular formula is C17H20N6O2S. The Morgan fingerprint density at radius 3 is 2.50 bits per heavy atom. The van der Waals surface area contributed by atoms with E-state index in [0.717, 1.165) is 11.4 Å². The van der Waals surface area contributed by atoms with E-state index in [0.29, 0.717) is 32.3 Å². The van der Waals surface area contributed by atoms with E-state index in [9.17, 15) is 9.59 Å². The molecule has 0 radical (unpaired) electrons. The largest absolute Gasteiger partial charge is 0.344 e. The summed E-state index contributed by atoms with van der Waals surface area (Å²) in [6.45, 7) is 5.43. The normalized spacial score (nSPS) is 11.0. The second kappa shape index (κ2) is 6.49. The van der Waals surface area contributed by atoms with Crippen LogP contribution in [0.15, 0.2) is 6.07 Å². The average molecular weight is 372 g/mol. The molecule has 9 heteroatoms. The molecule has 1 N–H and O–H groups in total. The summed E-state index contributed by atoms with van der Waals surface area (Å²) in [7, 11) is 5.16. The molecule has 0 aromatic carbocycles. The number of nitrogens with zero attached hydrogens (tertiary/aromatic N) is 5. The maximum atomic E-state index is 12.9. The Morgan fingerprint density at radius 1 is 1.15 bits per heavy atom. The van der Waals surface area contributed by atoms with E-state index in [2.05, 4.69) is 20.4 Å². The van der Waals surface area contributed by atoms with Crippen molar-refractivity contribution in [2.24, 2.45) is 7.05 Å². The summed E-state index contributed by atoms with van der Waals surface area (Å²) in [5.41, 5.74) is 3.21. The van der Waals surface area contributed by atoms with Crippen LogP contribution < -0.4 is 5.32 Å². The Bertz CT molecular complexity index is 1030. The number of aromatic nitrogens is 4. The third-order valence-corrected chi connectivity index (χ3v) is 5.02. The van der Waals surface area contributed by atoms with Gasteiger partial charge in [0, 0.05) is 26.8 Å². The second-order valence-corrected chi connectivity index (χ2v) is 7.31. The van der Waals surface area contributed by atoms with Crippen LogP contribution >= 0.6 is 11.3 Å². The highest BCUT2D eigenvalue weighted by atomic mass is 32.1. The molecule has 0 atom stereocenters. The van der Waals surface area contributed by atoms with Gasteiger partial charge in [-0.3, -0.25) is 19.6 Å². The number of amides is 2. The third-order valence-electron chi connectivity index (χ3n) is 3.96. The van der Waals surface area contributed by atoms with Gasteiger partial charge in [0.15, 0.2) is 10.8 Å². The maximum absolute atomic E-state index is 12.9. The van der Waals surface area contributed by atoms with Gasteiger partial charge in [-0.25, -0.2) is 9.97 Å². The maximum Gasteiger partial charge on any atom is 0.265 e. The molecule has 8 nitrogen and oxygen atoms in total. The van der Waals surface area contributed by atoms with Gasteiger partial charge in [0.05, 0.1) is 22.3 Å². The highest BCUT2D eigenvalue weighted by Crippen LogP contribution is 2.26. The third kappa shape index (κ3) is 3.05. The Labute approximate surface area is 154 Å². The molecule has 3 rings (SSSR count).